The van der Waals surface area contributed by atoms with Crippen LogP contribution in [0.1, 0.15) is 39.0 Å². The number of rotatable bonds is 6. The minimum Gasteiger partial charge on any atom is -0.212 e. The second-order valence-electron chi connectivity index (χ2n) is 4.45. The van der Waals surface area contributed by atoms with E-state index in [1.54, 1.807) is 0 Å². The van der Waals surface area contributed by atoms with Gasteiger partial charge in [0, 0.05) is 10.7 Å². The molecule has 0 aromatic carbocycles. The van der Waals surface area contributed by atoms with Gasteiger partial charge < -0.3 is 0 Å². The molecule has 1 aliphatic carbocycles. The van der Waals surface area contributed by atoms with Gasteiger partial charge in [-0.15, -0.1) is 0 Å². The summed E-state index contributed by atoms with van der Waals surface area (Å²) in [7, 11) is -3.16. The zero-order valence-electron chi connectivity index (χ0n) is 9.51. The average Bonchev–Trinajstić information content (AvgIpc) is 2.80. The lowest BCUT2D eigenvalue weighted by Gasteiger charge is -2.31. The Balaban J connectivity index is 2.76. The molecule has 6 heteroatoms. The number of nitrogens with one attached hydrogen (secondary N) is 1. The van der Waals surface area contributed by atoms with Gasteiger partial charge in [-0.3, -0.25) is 0 Å². The van der Waals surface area contributed by atoms with Crippen molar-refractivity contribution in [2.45, 2.75) is 49.8 Å². The zero-order chi connectivity index (χ0) is 12.2. The van der Waals surface area contributed by atoms with Crippen LogP contribution in [0.15, 0.2) is 0 Å². The Labute approximate surface area is 115 Å². The van der Waals surface area contributed by atoms with Gasteiger partial charge in [0.15, 0.2) is 0 Å². The number of halogens is 2. The second-order valence-corrected chi connectivity index (χ2v) is 7.54. The maximum atomic E-state index is 12.2. The highest BCUT2D eigenvalue weighted by molar-refractivity contribution is 9.09. The maximum absolute atomic E-state index is 12.2. The van der Waals surface area contributed by atoms with Gasteiger partial charge in [0.05, 0.1) is 10.8 Å². The average molecular weight is 377 g/mol. The normalized spacial score (nSPS) is 19.2. The van der Waals surface area contributed by atoms with Crippen LogP contribution in [-0.4, -0.2) is 29.9 Å². The standard InChI is InChI=1S/C10H19Br2NO2S/c1-2-10(7-11,8-12)13-16(14,15)9-5-3-4-6-9/h9,13H,2-8H2,1H3. The van der Waals surface area contributed by atoms with Crippen molar-refractivity contribution in [2.24, 2.45) is 0 Å². The predicted molar refractivity (Wildman–Crippen MR) is 74.9 cm³/mol. The fraction of sp³-hybridized carbons (Fsp3) is 1.00. The molecule has 0 aromatic rings. The van der Waals surface area contributed by atoms with Crippen molar-refractivity contribution < 1.29 is 8.42 Å². The second kappa shape index (κ2) is 6.16. The molecule has 96 valence electrons. The molecule has 0 bridgehead atoms. The minimum atomic E-state index is -3.16. The summed E-state index contributed by atoms with van der Waals surface area (Å²) in [5.74, 6) is 0. The van der Waals surface area contributed by atoms with E-state index in [1.807, 2.05) is 6.92 Å². The van der Waals surface area contributed by atoms with Crippen LogP contribution in [0.2, 0.25) is 0 Å². The van der Waals surface area contributed by atoms with Crippen LogP contribution >= 0.6 is 31.9 Å². The lowest BCUT2D eigenvalue weighted by atomic mass is 10.0. The highest BCUT2D eigenvalue weighted by Crippen LogP contribution is 2.27. The van der Waals surface area contributed by atoms with Crippen molar-refractivity contribution in [3.8, 4) is 0 Å². The molecular weight excluding hydrogens is 358 g/mol. The first-order chi connectivity index (χ1) is 7.49. The van der Waals surface area contributed by atoms with E-state index < -0.39 is 10.0 Å². The summed E-state index contributed by atoms with van der Waals surface area (Å²) >= 11 is 6.80. The van der Waals surface area contributed by atoms with E-state index in [1.165, 1.54) is 0 Å². The lowest BCUT2D eigenvalue weighted by Crippen LogP contribution is -2.53. The van der Waals surface area contributed by atoms with Gasteiger partial charge >= 0.3 is 0 Å². The van der Waals surface area contributed by atoms with Gasteiger partial charge in [-0.2, -0.15) is 0 Å². The fourth-order valence-electron chi connectivity index (χ4n) is 1.94. The topological polar surface area (TPSA) is 46.2 Å². The summed E-state index contributed by atoms with van der Waals surface area (Å²) in [6, 6.07) is 0. The van der Waals surface area contributed by atoms with Gasteiger partial charge in [0.1, 0.15) is 0 Å². The summed E-state index contributed by atoms with van der Waals surface area (Å²) in [6.45, 7) is 2.00. The summed E-state index contributed by atoms with van der Waals surface area (Å²) in [4.78, 5) is 0. The van der Waals surface area contributed by atoms with E-state index in [4.69, 9.17) is 0 Å². The van der Waals surface area contributed by atoms with E-state index in [9.17, 15) is 8.42 Å². The van der Waals surface area contributed by atoms with Gasteiger partial charge in [0.2, 0.25) is 10.0 Å². The first kappa shape index (κ1) is 14.9. The highest BCUT2D eigenvalue weighted by Gasteiger charge is 2.36. The monoisotopic (exact) mass is 375 g/mol. The Morgan fingerprint density at radius 1 is 1.25 bits per heavy atom. The van der Waals surface area contributed by atoms with Crippen LogP contribution in [-0.2, 0) is 10.0 Å². The van der Waals surface area contributed by atoms with Crippen molar-refractivity contribution in [3.05, 3.63) is 0 Å². The molecule has 0 atom stereocenters. The third kappa shape index (κ3) is 3.43. The SMILES string of the molecule is CCC(CBr)(CBr)NS(=O)(=O)C1CCCC1. The largest absolute Gasteiger partial charge is 0.215 e. The van der Waals surface area contributed by atoms with Crippen molar-refractivity contribution in [2.75, 3.05) is 10.7 Å². The Bertz CT molecular complexity index is 301. The molecule has 1 saturated carbocycles. The predicted octanol–water partition coefficient (Wildman–Crippen LogP) is 2.79. The molecule has 1 aliphatic rings. The molecule has 0 amide bonds. The summed E-state index contributed by atoms with van der Waals surface area (Å²) in [5.41, 5.74) is -0.387. The quantitative estimate of drug-likeness (QED) is 0.724. The number of hydrogen-bond donors (Lipinski definition) is 1. The third-order valence-corrected chi connectivity index (χ3v) is 7.50. The van der Waals surface area contributed by atoms with Gasteiger partial charge in [0.25, 0.3) is 0 Å². The Kier molecular flexibility index (Phi) is 5.75. The molecule has 1 N–H and O–H groups in total. The third-order valence-electron chi connectivity index (χ3n) is 3.29. The van der Waals surface area contributed by atoms with Crippen LogP contribution in [0.25, 0.3) is 0 Å². The molecule has 0 heterocycles. The van der Waals surface area contributed by atoms with E-state index in [0.717, 1.165) is 32.1 Å². The van der Waals surface area contributed by atoms with Crippen molar-refractivity contribution in [1.82, 2.24) is 4.72 Å². The van der Waals surface area contributed by atoms with Crippen molar-refractivity contribution in [3.63, 3.8) is 0 Å². The molecule has 3 nitrogen and oxygen atoms in total. The van der Waals surface area contributed by atoms with Gasteiger partial charge in [-0.25, -0.2) is 13.1 Å². The van der Waals surface area contributed by atoms with Crippen LogP contribution < -0.4 is 4.72 Å². The molecule has 1 rings (SSSR count). The number of hydrogen-bond acceptors (Lipinski definition) is 2. The molecule has 0 unspecified atom stereocenters. The van der Waals surface area contributed by atoms with Crippen molar-refractivity contribution >= 4 is 41.9 Å². The van der Waals surface area contributed by atoms with Gasteiger partial charge in [-0.1, -0.05) is 51.6 Å². The van der Waals surface area contributed by atoms with Crippen molar-refractivity contribution in [1.29, 1.82) is 0 Å². The number of alkyl halides is 2. The smallest absolute Gasteiger partial charge is 0.212 e. The Morgan fingerprint density at radius 3 is 2.12 bits per heavy atom. The van der Waals surface area contributed by atoms with Crippen LogP contribution in [0.4, 0.5) is 0 Å². The molecule has 16 heavy (non-hydrogen) atoms. The summed E-state index contributed by atoms with van der Waals surface area (Å²) < 4.78 is 27.2. The highest BCUT2D eigenvalue weighted by atomic mass is 79.9. The summed E-state index contributed by atoms with van der Waals surface area (Å²) in [6.07, 6.45) is 4.45. The molecule has 0 aromatic heterocycles. The molecule has 0 saturated heterocycles. The van der Waals surface area contributed by atoms with Gasteiger partial charge in [-0.05, 0) is 19.3 Å². The van der Waals surface area contributed by atoms with Crippen LogP contribution in [0.5, 0.6) is 0 Å². The molecule has 0 aliphatic heterocycles. The van der Waals surface area contributed by atoms with E-state index >= 15 is 0 Å². The van der Waals surface area contributed by atoms with Crippen LogP contribution in [0, 0.1) is 0 Å². The molecule has 0 spiro atoms. The fourth-order valence-corrected chi connectivity index (χ4v) is 6.32. The number of sulfonamides is 1. The molecule has 1 fully saturated rings. The zero-order valence-corrected chi connectivity index (χ0v) is 13.5. The maximum Gasteiger partial charge on any atom is 0.215 e. The van der Waals surface area contributed by atoms with Crippen LogP contribution in [0.3, 0.4) is 0 Å². The lowest BCUT2D eigenvalue weighted by molar-refractivity contribution is 0.454. The first-order valence-electron chi connectivity index (χ1n) is 5.64. The molecular formula is C10H19Br2NO2S. The molecule has 0 radical (unpaired) electrons. The minimum absolute atomic E-state index is 0.184. The summed E-state index contributed by atoms with van der Waals surface area (Å²) in [5, 5.41) is 1.08. The Hall–Kier alpha value is 0.870. The van der Waals surface area contributed by atoms with E-state index in [2.05, 4.69) is 36.6 Å². The first-order valence-corrected chi connectivity index (χ1v) is 9.43. The van der Waals surface area contributed by atoms with E-state index in [0.29, 0.717) is 10.7 Å². The Morgan fingerprint density at radius 2 is 1.75 bits per heavy atom. The van der Waals surface area contributed by atoms with E-state index in [-0.39, 0.29) is 10.8 Å².